The van der Waals surface area contributed by atoms with Gasteiger partial charge in [0.05, 0.1) is 0 Å². The average Bonchev–Trinajstić information content (AvgIpc) is 3.66. The van der Waals surface area contributed by atoms with Crippen molar-refractivity contribution in [2.24, 2.45) is 0 Å². The molecule has 12 aromatic rings. The summed E-state index contributed by atoms with van der Waals surface area (Å²) in [6.07, 6.45) is 0. The minimum absolute atomic E-state index is 0.745. The molecule has 0 aromatic heterocycles. The lowest BCUT2D eigenvalue weighted by Crippen LogP contribution is -1.95. The first-order valence-corrected chi connectivity index (χ1v) is 27.7. The Morgan fingerprint density at radius 1 is 0.119 bits per heavy atom. The van der Waals surface area contributed by atoms with Crippen LogP contribution >= 0.6 is 0 Å². The summed E-state index contributed by atoms with van der Waals surface area (Å²) in [4.78, 5) is 0. The smallest absolute Gasteiger partial charge is 0.0385 e. The predicted octanol–water partition coefficient (Wildman–Crippen LogP) is 20.4. The summed E-state index contributed by atoms with van der Waals surface area (Å²) in [5.74, 6) is 0. The van der Waals surface area contributed by atoms with E-state index in [1.54, 1.807) is 0 Å². The quantitative estimate of drug-likeness (QED) is 0.0292. The summed E-state index contributed by atoms with van der Waals surface area (Å²) in [6, 6.07) is 101. The van der Waals surface area contributed by atoms with Gasteiger partial charge in [0.25, 0.3) is 0 Å². The molecular formula is C72H62N12. The van der Waals surface area contributed by atoms with Gasteiger partial charge < -0.3 is 64.2 Å². The molecule has 84 heavy (non-hydrogen) atoms. The number of hydrogen-bond acceptors (Lipinski definition) is 12. The fourth-order valence-electron chi connectivity index (χ4n) is 9.29. The fraction of sp³-hybridized carbons (Fsp3) is 0. The summed E-state index contributed by atoms with van der Waals surface area (Å²) in [5, 5.41) is 38.4. The van der Waals surface area contributed by atoms with Crippen LogP contribution in [0.4, 0.5) is 131 Å². The Morgan fingerprint density at radius 3 is 0.333 bits per heavy atom. The number of para-hydroxylation sites is 1. The van der Waals surface area contributed by atoms with Crippen LogP contribution in [-0.2, 0) is 0 Å². The maximum atomic E-state index is 5.81. The topological polar surface area (TPSA) is 158 Å². The maximum Gasteiger partial charge on any atom is 0.0385 e. The molecule has 12 nitrogen and oxygen atoms in total. The highest BCUT2D eigenvalue weighted by molar-refractivity contribution is 5.75. The molecule has 0 aliphatic rings. The molecule has 12 aromatic carbocycles. The average molecular weight is 1100 g/mol. The van der Waals surface area contributed by atoms with Crippen molar-refractivity contribution in [1.82, 2.24) is 0 Å². The van der Waals surface area contributed by atoms with E-state index in [-0.39, 0.29) is 0 Å². The number of nitrogens with one attached hydrogen (secondary N) is 11. The molecule has 0 amide bonds. The van der Waals surface area contributed by atoms with Gasteiger partial charge in [-0.1, -0.05) is 18.2 Å². The molecule has 0 bridgehead atoms. The van der Waals surface area contributed by atoms with E-state index in [2.05, 4.69) is 301 Å². The third-order valence-corrected chi connectivity index (χ3v) is 13.7. The normalized spacial score (nSPS) is 10.7. The highest BCUT2D eigenvalue weighted by Gasteiger charge is 2.06. The highest BCUT2D eigenvalue weighted by atomic mass is 14.9. The van der Waals surface area contributed by atoms with E-state index in [0.29, 0.717) is 0 Å². The predicted molar refractivity (Wildman–Crippen MR) is 358 cm³/mol. The van der Waals surface area contributed by atoms with Crippen LogP contribution in [0, 0.1) is 0 Å². The summed E-state index contributed by atoms with van der Waals surface area (Å²) in [5.41, 5.74) is 28.7. The van der Waals surface area contributed by atoms with Gasteiger partial charge in [0.2, 0.25) is 0 Å². The Hall–Kier alpha value is -11.8. The van der Waals surface area contributed by atoms with Crippen molar-refractivity contribution in [1.29, 1.82) is 0 Å². The standard InChI is InChI=1S/C72H62N12/c73-50-6-8-52(9-7-50)75-54-14-16-56(17-15-54)77-58-22-24-60(25-23-58)79-62-30-32-64(33-31-62)81-66-38-40-68(41-39-66)83-70-46-48-72(49-47-70)84-71-44-42-69(43-45-71)82-67-36-34-65(35-37-67)80-63-28-26-61(27-29-63)78-59-20-18-57(19-21-59)76-55-12-10-53(11-13-55)74-51-4-2-1-3-5-51/h1-49,74-84H,73H2. The number of benzene rings is 12. The number of hydrogen-bond donors (Lipinski definition) is 12. The van der Waals surface area contributed by atoms with E-state index < -0.39 is 0 Å². The van der Waals surface area contributed by atoms with Crippen molar-refractivity contribution in [3.05, 3.63) is 297 Å². The molecule has 0 atom stereocenters. The van der Waals surface area contributed by atoms with Gasteiger partial charge in [0.1, 0.15) is 0 Å². The molecule has 12 heteroatoms. The highest BCUT2D eigenvalue weighted by Crippen LogP contribution is 2.31. The van der Waals surface area contributed by atoms with Crippen molar-refractivity contribution in [2.75, 3.05) is 64.2 Å². The first kappa shape index (κ1) is 52.9. The monoisotopic (exact) mass is 1090 g/mol. The van der Waals surface area contributed by atoms with Crippen LogP contribution in [0.25, 0.3) is 0 Å². The maximum absolute atomic E-state index is 5.81. The molecule has 0 saturated carbocycles. The minimum atomic E-state index is 0.745. The molecule has 0 heterocycles. The van der Waals surface area contributed by atoms with Crippen molar-refractivity contribution >= 4 is 131 Å². The molecule has 13 N–H and O–H groups in total. The Kier molecular flexibility index (Phi) is 16.1. The molecule has 410 valence electrons. The van der Waals surface area contributed by atoms with Gasteiger partial charge in [-0.25, -0.2) is 0 Å². The molecule has 0 spiro atoms. The zero-order valence-corrected chi connectivity index (χ0v) is 45.9. The number of nitrogen functional groups attached to an aromatic ring is 1. The second-order valence-electron chi connectivity index (χ2n) is 20.1. The van der Waals surface area contributed by atoms with Gasteiger partial charge in [-0.3, -0.25) is 0 Å². The van der Waals surface area contributed by atoms with Crippen LogP contribution in [0.5, 0.6) is 0 Å². The first-order chi connectivity index (χ1) is 41.3. The minimum Gasteiger partial charge on any atom is -0.399 e. The largest absolute Gasteiger partial charge is 0.399 e. The van der Waals surface area contributed by atoms with E-state index in [1.807, 2.05) is 54.6 Å². The molecule has 0 aliphatic heterocycles. The lowest BCUT2D eigenvalue weighted by molar-refractivity contribution is 1.49. The van der Waals surface area contributed by atoms with Gasteiger partial charge in [-0.15, -0.1) is 0 Å². The molecule has 12 rings (SSSR count). The van der Waals surface area contributed by atoms with E-state index in [1.165, 1.54) is 0 Å². The second-order valence-corrected chi connectivity index (χ2v) is 20.1. The Labute approximate surface area is 489 Å². The van der Waals surface area contributed by atoms with Crippen LogP contribution in [0.2, 0.25) is 0 Å². The lowest BCUT2D eigenvalue weighted by Gasteiger charge is -2.13. The fourth-order valence-corrected chi connectivity index (χ4v) is 9.29. The van der Waals surface area contributed by atoms with Crippen molar-refractivity contribution in [3.63, 3.8) is 0 Å². The van der Waals surface area contributed by atoms with Crippen molar-refractivity contribution in [3.8, 4) is 0 Å². The van der Waals surface area contributed by atoms with Crippen LogP contribution in [-0.4, -0.2) is 0 Å². The Balaban J connectivity index is 0.543. The summed E-state index contributed by atoms with van der Waals surface area (Å²) in [7, 11) is 0. The van der Waals surface area contributed by atoms with Crippen LogP contribution in [0.3, 0.4) is 0 Å². The number of rotatable bonds is 22. The molecular weight excluding hydrogens is 1030 g/mol. The van der Waals surface area contributed by atoms with E-state index >= 15 is 0 Å². The summed E-state index contributed by atoms with van der Waals surface area (Å²) in [6.45, 7) is 0. The van der Waals surface area contributed by atoms with Crippen molar-refractivity contribution < 1.29 is 0 Å². The Morgan fingerprint density at radius 2 is 0.214 bits per heavy atom. The number of nitrogens with two attached hydrogens (primary N) is 1. The summed E-state index contributed by atoms with van der Waals surface area (Å²) < 4.78 is 0. The molecule has 0 aliphatic carbocycles. The zero-order valence-electron chi connectivity index (χ0n) is 45.9. The van der Waals surface area contributed by atoms with Gasteiger partial charge in [0.15, 0.2) is 0 Å². The second kappa shape index (κ2) is 25.6. The Bertz CT molecular complexity index is 4000. The van der Waals surface area contributed by atoms with Crippen molar-refractivity contribution in [2.45, 2.75) is 0 Å². The van der Waals surface area contributed by atoms with Crippen LogP contribution in [0.15, 0.2) is 297 Å². The zero-order chi connectivity index (χ0) is 56.7. The van der Waals surface area contributed by atoms with Gasteiger partial charge in [-0.05, 0) is 279 Å². The van der Waals surface area contributed by atoms with Gasteiger partial charge in [-0.2, -0.15) is 0 Å². The van der Waals surface area contributed by atoms with Gasteiger partial charge >= 0.3 is 0 Å². The molecule has 0 fully saturated rings. The molecule has 0 radical (unpaired) electrons. The van der Waals surface area contributed by atoms with Crippen LogP contribution < -0.4 is 64.2 Å². The summed E-state index contributed by atoms with van der Waals surface area (Å²) >= 11 is 0. The lowest BCUT2D eigenvalue weighted by atomic mass is 10.2. The van der Waals surface area contributed by atoms with E-state index in [0.717, 1.165) is 131 Å². The van der Waals surface area contributed by atoms with Crippen LogP contribution in [0.1, 0.15) is 0 Å². The third-order valence-electron chi connectivity index (χ3n) is 13.7. The first-order valence-electron chi connectivity index (χ1n) is 27.7. The SMILES string of the molecule is Nc1ccc(Nc2ccc(Nc3ccc(Nc4ccc(Nc5ccc(Nc6ccc(Nc7ccc(Nc8ccc(Nc9ccc(Nc%10ccc(Nc%11ccc(Nc%12ccccc%12)cc%11)cc%10)cc9)cc8)cc7)cc6)cc5)cc4)cc3)cc2)cc1. The number of anilines is 23. The van der Waals surface area contributed by atoms with E-state index in [9.17, 15) is 0 Å². The van der Waals surface area contributed by atoms with E-state index in [4.69, 9.17) is 5.73 Å². The third kappa shape index (κ3) is 14.9. The van der Waals surface area contributed by atoms with Gasteiger partial charge in [0, 0.05) is 131 Å². The molecule has 0 saturated heterocycles. The molecule has 0 unspecified atom stereocenters.